The van der Waals surface area contributed by atoms with Crippen LogP contribution in [0.4, 0.5) is 0 Å². The van der Waals surface area contributed by atoms with Crippen LogP contribution in [0.1, 0.15) is 367 Å². The number of thiol groups is 3. The lowest BCUT2D eigenvalue weighted by Crippen LogP contribution is -2.21. The highest BCUT2D eigenvalue weighted by Gasteiger charge is 2.18. The van der Waals surface area contributed by atoms with Crippen molar-refractivity contribution < 1.29 is 0 Å². The molecule has 0 N–H and O–H groups in total. The Labute approximate surface area is 450 Å². The van der Waals surface area contributed by atoms with E-state index < -0.39 is 0 Å². The van der Waals surface area contributed by atoms with Crippen LogP contribution in [-0.2, 0) is 0 Å². The van der Waals surface area contributed by atoms with Crippen molar-refractivity contribution in [1.82, 2.24) is 0 Å². The van der Waals surface area contributed by atoms with Crippen LogP contribution in [0.25, 0.3) is 0 Å². The van der Waals surface area contributed by atoms with Crippen molar-refractivity contribution in [3.63, 3.8) is 0 Å². The van der Waals surface area contributed by atoms with Crippen LogP contribution in [0, 0.1) is 0 Å². The zero-order valence-electron chi connectivity index (χ0n) is 49.6. The third kappa shape index (κ3) is 58.2. The molecule has 0 fully saturated rings. The van der Waals surface area contributed by atoms with Crippen molar-refractivity contribution in [3.05, 3.63) is 0 Å². The monoisotopic (exact) mass is 1030 g/mol. The summed E-state index contributed by atoms with van der Waals surface area (Å²) < 4.78 is 0. The maximum Gasteiger partial charge on any atom is 0.000968 e. The Morgan fingerprint density at radius 1 is 0.188 bits per heavy atom. The van der Waals surface area contributed by atoms with Gasteiger partial charge in [0.25, 0.3) is 0 Å². The quantitative estimate of drug-likeness (QED) is 0.0392. The van der Waals surface area contributed by atoms with Gasteiger partial charge in [-0.2, -0.15) is 0 Å². The molecule has 0 aliphatic heterocycles. The normalized spacial score (nSPS) is 14.4. The second kappa shape index (κ2) is 61.6. The SMILES string of the molecule is CCCCCCCCCCCCCCCCCCCC[SH](C)CC(C[SH](C)CCCCCCCCCCCCCCCCCCCC)[SH](C)CCCCCCCCCCCCCCCCCCCC. The molecule has 3 unspecified atom stereocenters. The van der Waals surface area contributed by atoms with E-state index in [-0.39, 0.29) is 32.7 Å². The summed E-state index contributed by atoms with van der Waals surface area (Å²) in [4.78, 5) is 0. The van der Waals surface area contributed by atoms with Crippen molar-refractivity contribution in [2.75, 3.05) is 47.5 Å². The van der Waals surface area contributed by atoms with Crippen LogP contribution >= 0.6 is 32.7 Å². The zero-order chi connectivity index (χ0) is 50.0. The smallest absolute Gasteiger partial charge is 0.000968 e. The van der Waals surface area contributed by atoms with Crippen LogP contribution in [0.2, 0.25) is 0 Å². The third-order valence-electron chi connectivity index (χ3n) is 16.3. The van der Waals surface area contributed by atoms with Gasteiger partial charge in [0, 0.05) is 5.25 Å². The second-order valence-corrected chi connectivity index (χ2v) is 31.4. The number of rotatable bonds is 62. The molecule has 0 aliphatic carbocycles. The predicted octanol–water partition coefficient (Wildman–Crippen LogP) is 24.4. The minimum atomic E-state index is 0.198. The highest BCUT2D eigenvalue weighted by molar-refractivity contribution is 8.22. The number of hydrogen-bond acceptors (Lipinski definition) is 0. The Hall–Kier alpha value is 1.05. The third-order valence-corrected chi connectivity index (χ3v) is 23.8. The summed E-state index contributed by atoms with van der Waals surface area (Å²) in [5.41, 5.74) is 0. The number of unbranched alkanes of at least 4 members (excludes halogenated alkanes) is 51. The van der Waals surface area contributed by atoms with Gasteiger partial charge in [-0.05, 0) is 66.8 Å². The second-order valence-electron chi connectivity index (χ2n) is 23.7. The molecule has 422 valence electrons. The van der Waals surface area contributed by atoms with E-state index in [0.29, 0.717) is 0 Å². The first-order chi connectivity index (χ1) is 34.0. The van der Waals surface area contributed by atoms with Crippen LogP contribution in [-0.4, -0.2) is 52.8 Å². The van der Waals surface area contributed by atoms with Crippen LogP contribution < -0.4 is 0 Å². The zero-order valence-corrected chi connectivity index (χ0v) is 52.3. The van der Waals surface area contributed by atoms with Crippen molar-refractivity contribution >= 4 is 32.7 Å². The van der Waals surface area contributed by atoms with Gasteiger partial charge in [0.2, 0.25) is 0 Å². The molecule has 0 aromatic carbocycles. The molecule has 0 saturated heterocycles. The summed E-state index contributed by atoms with van der Waals surface area (Å²) in [5.74, 6) is 7.92. The Morgan fingerprint density at radius 3 is 0.507 bits per heavy atom. The first kappa shape index (κ1) is 70.1. The molecule has 0 amide bonds. The molecule has 0 bridgehead atoms. The maximum atomic E-state index is 2.76. The lowest BCUT2D eigenvalue weighted by Gasteiger charge is -2.34. The highest BCUT2D eigenvalue weighted by Crippen LogP contribution is 2.40. The minimum Gasteiger partial charge on any atom is -0.255 e. The standard InChI is InChI=1S/C66H140S3/c1-7-10-13-16-19-22-25-28-31-34-37-40-43-46-49-52-55-58-61-67(4)64-66(69(6)63-60-57-54-51-48-45-42-39-36-33-30-27-24-21-18-15-12-9-3)65-68(5)62-59-56-53-50-47-44-41-38-35-32-29-26-23-20-17-14-11-8-2/h66-69H,7-65H2,1-6H3. The van der Waals surface area contributed by atoms with E-state index in [1.807, 2.05) is 0 Å². The Balaban J connectivity index is 4.29. The summed E-state index contributed by atoms with van der Waals surface area (Å²) >= 11 is 0. The fourth-order valence-electron chi connectivity index (χ4n) is 11.3. The Bertz CT molecular complexity index is 843. The van der Waals surface area contributed by atoms with Gasteiger partial charge in [0.1, 0.15) is 0 Å². The van der Waals surface area contributed by atoms with E-state index in [0.717, 1.165) is 5.25 Å². The molecular formula is C66H140S3. The van der Waals surface area contributed by atoms with E-state index in [4.69, 9.17) is 0 Å². The van der Waals surface area contributed by atoms with E-state index in [2.05, 4.69) is 39.5 Å². The highest BCUT2D eigenvalue weighted by atomic mass is 32.2. The van der Waals surface area contributed by atoms with Crippen LogP contribution in [0.3, 0.4) is 0 Å². The molecule has 0 nitrogen and oxygen atoms in total. The van der Waals surface area contributed by atoms with Gasteiger partial charge in [0.05, 0.1) is 0 Å². The summed E-state index contributed by atoms with van der Waals surface area (Å²) in [6.45, 7) is 6.97. The molecule has 0 rings (SSSR count). The van der Waals surface area contributed by atoms with Crippen LogP contribution in [0.5, 0.6) is 0 Å². The molecule has 0 heterocycles. The Morgan fingerprint density at radius 2 is 0.333 bits per heavy atom. The van der Waals surface area contributed by atoms with Crippen molar-refractivity contribution in [2.45, 2.75) is 373 Å². The van der Waals surface area contributed by atoms with E-state index in [1.54, 1.807) is 28.8 Å². The lowest BCUT2D eigenvalue weighted by molar-refractivity contribution is 0.526. The van der Waals surface area contributed by atoms with E-state index in [9.17, 15) is 0 Å². The largest absolute Gasteiger partial charge is 0.255 e. The van der Waals surface area contributed by atoms with E-state index >= 15 is 0 Å². The van der Waals surface area contributed by atoms with Crippen molar-refractivity contribution in [2.24, 2.45) is 0 Å². The van der Waals surface area contributed by atoms with Gasteiger partial charge in [-0.25, -0.2) is 0 Å². The van der Waals surface area contributed by atoms with Gasteiger partial charge in [-0.3, -0.25) is 32.7 Å². The predicted molar refractivity (Wildman–Crippen MR) is 339 cm³/mol. The first-order valence-electron chi connectivity index (χ1n) is 33.1. The van der Waals surface area contributed by atoms with Gasteiger partial charge < -0.3 is 0 Å². The maximum absolute atomic E-state index is 2.76. The first-order valence-corrected chi connectivity index (χ1v) is 39.5. The molecule has 0 spiro atoms. The molecule has 3 heteroatoms. The molecule has 0 aliphatic rings. The molecule has 0 aromatic heterocycles. The Kier molecular flexibility index (Phi) is 62.5. The van der Waals surface area contributed by atoms with Gasteiger partial charge in [-0.15, -0.1) is 0 Å². The van der Waals surface area contributed by atoms with E-state index in [1.165, 1.54) is 347 Å². The summed E-state index contributed by atoms with van der Waals surface area (Å²) in [7, 11) is 0.643. The van der Waals surface area contributed by atoms with Gasteiger partial charge >= 0.3 is 0 Å². The number of hydrogen-bond donors (Lipinski definition) is 3. The van der Waals surface area contributed by atoms with Crippen molar-refractivity contribution in [3.8, 4) is 0 Å². The van der Waals surface area contributed by atoms with Gasteiger partial charge in [-0.1, -0.05) is 348 Å². The molecule has 0 aromatic rings. The fraction of sp³-hybridized carbons (Fsp3) is 1.00. The van der Waals surface area contributed by atoms with Crippen LogP contribution in [0.15, 0.2) is 0 Å². The van der Waals surface area contributed by atoms with Crippen molar-refractivity contribution in [1.29, 1.82) is 0 Å². The molecule has 69 heavy (non-hydrogen) atoms. The molecule has 0 radical (unpaired) electrons. The lowest BCUT2D eigenvalue weighted by atomic mass is 10.0. The summed E-state index contributed by atoms with van der Waals surface area (Å²) in [6, 6.07) is 0. The average Bonchev–Trinajstić information content (AvgIpc) is 3.35. The summed E-state index contributed by atoms with van der Waals surface area (Å²) in [5, 5.41) is 1.07. The topological polar surface area (TPSA) is 0 Å². The summed E-state index contributed by atoms with van der Waals surface area (Å²) in [6.07, 6.45) is 88.4. The fourth-order valence-corrected chi connectivity index (χ4v) is 20.0. The molecule has 3 atom stereocenters. The minimum absolute atomic E-state index is 0.198. The average molecular weight is 1030 g/mol. The molecular weight excluding hydrogens is 889 g/mol. The molecule has 0 saturated carbocycles. The van der Waals surface area contributed by atoms with Gasteiger partial charge in [0.15, 0.2) is 0 Å².